The van der Waals surface area contributed by atoms with Crippen LogP contribution in [-0.2, 0) is 16.1 Å². The van der Waals surface area contributed by atoms with Crippen LogP contribution in [0.3, 0.4) is 0 Å². The molecule has 144 valence electrons. The fourth-order valence-corrected chi connectivity index (χ4v) is 3.36. The lowest BCUT2D eigenvalue weighted by Crippen LogP contribution is -2.29. The summed E-state index contributed by atoms with van der Waals surface area (Å²) >= 11 is 1.14. The molecule has 0 saturated carbocycles. The molecule has 0 bridgehead atoms. The van der Waals surface area contributed by atoms with Crippen LogP contribution in [0.5, 0.6) is 0 Å². The molecule has 0 N–H and O–H groups in total. The normalized spacial score (nSPS) is 11.0. The molecule has 2 aromatic heterocycles. The van der Waals surface area contributed by atoms with Crippen molar-refractivity contribution in [1.82, 2.24) is 14.8 Å². The lowest BCUT2D eigenvalue weighted by molar-refractivity contribution is -0.114. The zero-order valence-corrected chi connectivity index (χ0v) is 16.9. The number of aromatic nitrogens is 3. The van der Waals surface area contributed by atoms with Gasteiger partial charge in [-0.1, -0.05) is 17.4 Å². The van der Waals surface area contributed by atoms with Gasteiger partial charge >= 0.3 is 5.97 Å². The van der Waals surface area contributed by atoms with Crippen molar-refractivity contribution in [3.05, 3.63) is 46.8 Å². The molecule has 0 atom stereocenters. The van der Waals surface area contributed by atoms with Crippen LogP contribution in [0, 0.1) is 13.8 Å². The van der Waals surface area contributed by atoms with E-state index in [4.69, 9.17) is 4.74 Å². The van der Waals surface area contributed by atoms with Crippen LogP contribution < -0.4 is 4.90 Å². The van der Waals surface area contributed by atoms with Gasteiger partial charge < -0.3 is 4.74 Å². The smallest absolute Gasteiger partial charge is 0.350 e. The lowest BCUT2D eigenvalue weighted by Gasteiger charge is -2.15. The maximum absolute atomic E-state index is 12.7. The summed E-state index contributed by atoms with van der Waals surface area (Å²) in [4.78, 5) is 31.0. The summed E-state index contributed by atoms with van der Waals surface area (Å²) in [6, 6.07) is 0. The molecule has 27 heavy (non-hydrogen) atoms. The van der Waals surface area contributed by atoms with Crippen LogP contribution in [0.2, 0.25) is 0 Å². The van der Waals surface area contributed by atoms with Crippen LogP contribution in [0.4, 0.5) is 5.13 Å². The fraction of sp³-hybridized carbons (Fsp3) is 0.368. The number of aryl methyl sites for hydroxylation is 3. The highest BCUT2D eigenvalue weighted by molar-refractivity contribution is 7.17. The summed E-state index contributed by atoms with van der Waals surface area (Å²) in [7, 11) is 0. The maximum Gasteiger partial charge on any atom is 0.350 e. The number of thiazole rings is 1. The van der Waals surface area contributed by atoms with E-state index >= 15 is 0 Å². The number of esters is 1. The Bertz CT molecular complexity index is 866. The molecule has 0 fully saturated rings. The Kier molecular flexibility index (Phi) is 7.06. The van der Waals surface area contributed by atoms with Crippen LogP contribution in [0.15, 0.2) is 24.9 Å². The molecule has 0 radical (unpaired) electrons. The average Bonchev–Trinajstić information content (AvgIpc) is 3.20. The van der Waals surface area contributed by atoms with Crippen molar-refractivity contribution in [3.63, 3.8) is 0 Å². The van der Waals surface area contributed by atoms with E-state index in [0.29, 0.717) is 15.7 Å². The summed E-state index contributed by atoms with van der Waals surface area (Å²) in [6.07, 6.45) is 6.73. The highest BCUT2D eigenvalue weighted by Crippen LogP contribution is 2.27. The number of carbonyl (C=O) groups is 2. The minimum atomic E-state index is -0.428. The largest absolute Gasteiger partial charge is 0.462 e. The SMILES string of the molecule is C=CCN(C(=O)/C=C/c1cn(CC)nc1C)c1nc(C)c(C(=O)OCC)s1. The van der Waals surface area contributed by atoms with Crippen molar-refractivity contribution in [2.24, 2.45) is 0 Å². The van der Waals surface area contributed by atoms with E-state index < -0.39 is 5.97 Å². The van der Waals surface area contributed by atoms with Gasteiger partial charge in [-0.2, -0.15) is 5.10 Å². The molecule has 0 aliphatic rings. The zero-order valence-electron chi connectivity index (χ0n) is 16.1. The number of rotatable bonds is 8. The molecule has 0 aliphatic carbocycles. The number of amides is 1. The second kappa shape index (κ2) is 9.27. The van der Waals surface area contributed by atoms with Crippen molar-refractivity contribution >= 4 is 34.4 Å². The first-order chi connectivity index (χ1) is 12.9. The molecule has 2 aromatic rings. The quantitative estimate of drug-likeness (QED) is 0.394. The van der Waals surface area contributed by atoms with E-state index in [9.17, 15) is 9.59 Å². The summed E-state index contributed by atoms with van der Waals surface area (Å²) in [5, 5.41) is 4.80. The topological polar surface area (TPSA) is 77.3 Å². The first-order valence-electron chi connectivity index (χ1n) is 8.70. The van der Waals surface area contributed by atoms with Crippen LogP contribution >= 0.6 is 11.3 Å². The highest BCUT2D eigenvalue weighted by atomic mass is 32.1. The first-order valence-corrected chi connectivity index (χ1v) is 9.51. The van der Waals surface area contributed by atoms with Crippen molar-refractivity contribution in [2.45, 2.75) is 34.2 Å². The Balaban J connectivity index is 2.26. The molecular weight excluding hydrogens is 364 g/mol. The molecule has 0 unspecified atom stereocenters. The van der Waals surface area contributed by atoms with Gasteiger partial charge in [0.15, 0.2) is 5.13 Å². The molecule has 8 heteroatoms. The van der Waals surface area contributed by atoms with Gasteiger partial charge in [0.1, 0.15) is 4.88 Å². The van der Waals surface area contributed by atoms with Gasteiger partial charge in [0.2, 0.25) is 0 Å². The van der Waals surface area contributed by atoms with E-state index in [1.165, 1.54) is 11.0 Å². The number of hydrogen-bond acceptors (Lipinski definition) is 6. The Morgan fingerprint density at radius 3 is 2.67 bits per heavy atom. The summed E-state index contributed by atoms with van der Waals surface area (Å²) in [5.41, 5.74) is 2.27. The van der Waals surface area contributed by atoms with E-state index in [1.807, 2.05) is 24.7 Å². The molecule has 0 aromatic carbocycles. The van der Waals surface area contributed by atoms with Crippen LogP contribution in [0.1, 0.15) is 40.5 Å². The van der Waals surface area contributed by atoms with Gasteiger partial charge in [0.05, 0.1) is 18.0 Å². The molecule has 0 spiro atoms. The molecule has 0 saturated heterocycles. The summed E-state index contributed by atoms with van der Waals surface area (Å²) in [5.74, 6) is -0.675. The third-order valence-electron chi connectivity index (χ3n) is 3.77. The monoisotopic (exact) mass is 388 g/mol. The Morgan fingerprint density at radius 2 is 2.07 bits per heavy atom. The van der Waals surface area contributed by atoms with Gasteiger partial charge in [-0.15, -0.1) is 6.58 Å². The van der Waals surface area contributed by atoms with Gasteiger partial charge in [-0.05, 0) is 33.8 Å². The molecule has 0 aliphatic heterocycles. The lowest BCUT2D eigenvalue weighted by atomic mass is 10.2. The minimum absolute atomic E-state index is 0.247. The molecule has 2 rings (SSSR count). The predicted octanol–water partition coefficient (Wildman–Crippen LogP) is 3.39. The second-order valence-corrected chi connectivity index (χ2v) is 6.71. The Morgan fingerprint density at radius 1 is 1.33 bits per heavy atom. The van der Waals surface area contributed by atoms with E-state index in [1.54, 1.807) is 26.0 Å². The number of nitrogens with zero attached hydrogens (tertiary/aromatic N) is 4. The zero-order chi connectivity index (χ0) is 20.0. The van der Waals surface area contributed by atoms with E-state index in [2.05, 4.69) is 16.7 Å². The second-order valence-electron chi connectivity index (χ2n) is 5.73. The Labute approximate surface area is 163 Å². The van der Waals surface area contributed by atoms with Crippen molar-refractivity contribution in [1.29, 1.82) is 0 Å². The summed E-state index contributed by atoms with van der Waals surface area (Å²) < 4.78 is 6.85. The molecular formula is C19H24N4O3S. The van der Waals surface area contributed by atoms with Gasteiger partial charge in [-0.25, -0.2) is 9.78 Å². The average molecular weight is 388 g/mol. The Hall–Kier alpha value is -2.74. The van der Waals surface area contributed by atoms with E-state index in [0.717, 1.165) is 29.1 Å². The number of anilines is 1. The molecule has 2 heterocycles. The first kappa shape index (κ1) is 20.6. The van der Waals surface area contributed by atoms with Crippen LogP contribution in [-0.4, -0.2) is 39.8 Å². The third kappa shape index (κ3) is 4.91. The number of carbonyl (C=O) groups excluding carboxylic acids is 2. The fourth-order valence-electron chi connectivity index (χ4n) is 2.39. The van der Waals surface area contributed by atoms with Crippen molar-refractivity contribution in [3.8, 4) is 0 Å². The standard InChI is InChI=1S/C19H24N4O3S/c1-6-11-23(19-20-14(5)17(27-19)18(25)26-8-3)16(24)10-9-15-12-22(7-2)21-13(15)4/h6,9-10,12H,1,7-8,11H2,2-5H3/b10-9+. The van der Waals surface area contributed by atoms with Crippen molar-refractivity contribution in [2.75, 3.05) is 18.1 Å². The number of hydrogen-bond donors (Lipinski definition) is 0. The van der Waals surface area contributed by atoms with Crippen molar-refractivity contribution < 1.29 is 14.3 Å². The van der Waals surface area contributed by atoms with Crippen LogP contribution in [0.25, 0.3) is 6.08 Å². The molecule has 1 amide bonds. The van der Waals surface area contributed by atoms with Gasteiger partial charge in [0, 0.05) is 30.9 Å². The highest BCUT2D eigenvalue weighted by Gasteiger charge is 2.22. The third-order valence-corrected chi connectivity index (χ3v) is 4.93. The van der Waals surface area contributed by atoms with Gasteiger partial charge in [0.25, 0.3) is 5.91 Å². The maximum atomic E-state index is 12.7. The minimum Gasteiger partial charge on any atom is -0.462 e. The molecule has 7 nitrogen and oxygen atoms in total. The predicted molar refractivity (Wildman–Crippen MR) is 107 cm³/mol. The number of ether oxygens (including phenoxy) is 1. The van der Waals surface area contributed by atoms with E-state index in [-0.39, 0.29) is 19.1 Å². The summed E-state index contributed by atoms with van der Waals surface area (Å²) in [6.45, 7) is 12.4. The van der Waals surface area contributed by atoms with Gasteiger partial charge in [-0.3, -0.25) is 14.4 Å².